The molecule has 0 radical (unpaired) electrons. The lowest BCUT2D eigenvalue weighted by Crippen LogP contribution is -2.21. The van der Waals surface area contributed by atoms with Crippen LogP contribution in [-0.2, 0) is 6.54 Å². The van der Waals surface area contributed by atoms with Gasteiger partial charge >= 0.3 is 0 Å². The van der Waals surface area contributed by atoms with Crippen LogP contribution in [0, 0.1) is 11.6 Å². The molecule has 0 saturated carbocycles. The summed E-state index contributed by atoms with van der Waals surface area (Å²) in [6, 6.07) is 3.37. The third kappa shape index (κ3) is 2.73. The lowest BCUT2D eigenvalue weighted by molar-refractivity contribution is 0.563. The molecule has 0 bridgehead atoms. The molecule has 0 atom stereocenters. The van der Waals surface area contributed by atoms with Crippen LogP contribution in [0.25, 0.3) is 0 Å². The molecule has 0 unspecified atom stereocenters. The Kier molecular flexibility index (Phi) is 4.73. The average Bonchev–Trinajstić information content (AvgIpc) is 1.95. The van der Waals surface area contributed by atoms with Crippen molar-refractivity contribution in [2.24, 2.45) is 5.84 Å². The number of hydrogen-bond donors (Lipinski definition) is 2. The molecule has 0 aliphatic rings. The monoisotopic (exact) mass is 194 g/mol. The number of rotatable bonds is 2. The summed E-state index contributed by atoms with van der Waals surface area (Å²) < 4.78 is 25.0. The summed E-state index contributed by atoms with van der Waals surface area (Å²) in [4.78, 5) is 0. The highest BCUT2D eigenvalue weighted by Crippen LogP contribution is 2.08. The molecule has 3 N–H and O–H groups in total. The van der Waals surface area contributed by atoms with Crippen molar-refractivity contribution in [2.45, 2.75) is 6.54 Å². The maximum atomic E-state index is 12.7. The summed E-state index contributed by atoms with van der Waals surface area (Å²) in [5.41, 5.74) is 2.64. The molecule has 0 aliphatic heterocycles. The van der Waals surface area contributed by atoms with Gasteiger partial charge in [0.05, 0.1) is 0 Å². The van der Waals surface area contributed by atoms with Gasteiger partial charge in [0.25, 0.3) is 0 Å². The second-order valence-corrected chi connectivity index (χ2v) is 2.12. The van der Waals surface area contributed by atoms with E-state index in [1.54, 1.807) is 0 Å². The number of halogens is 3. The third-order valence-corrected chi connectivity index (χ3v) is 1.31. The summed E-state index contributed by atoms with van der Waals surface area (Å²) in [5.74, 6) is 3.80. The molecule has 0 aromatic heterocycles. The quantitative estimate of drug-likeness (QED) is 0.551. The van der Waals surface area contributed by atoms with Crippen LogP contribution in [0.4, 0.5) is 8.78 Å². The molecular formula is C7H9ClF2N2. The normalized spacial score (nSPS) is 9.25. The number of nitrogens with one attached hydrogen (secondary N) is 1. The van der Waals surface area contributed by atoms with E-state index in [9.17, 15) is 8.78 Å². The van der Waals surface area contributed by atoms with Gasteiger partial charge < -0.3 is 0 Å². The Labute approximate surface area is 75.1 Å². The molecule has 1 aromatic rings. The van der Waals surface area contributed by atoms with Gasteiger partial charge in [-0.25, -0.2) is 8.78 Å². The molecule has 12 heavy (non-hydrogen) atoms. The fourth-order valence-electron chi connectivity index (χ4n) is 0.775. The molecule has 0 spiro atoms. The largest absolute Gasteiger partial charge is 0.271 e. The van der Waals surface area contributed by atoms with Crippen molar-refractivity contribution in [1.82, 2.24) is 5.43 Å². The van der Waals surface area contributed by atoms with Crippen LogP contribution in [0.5, 0.6) is 0 Å². The zero-order valence-electron chi connectivity index (χ0n) is 6.18. The van der Waals surface area contributed by atoms with E-state index in [4.69, 9.17) is 5.84 Å². The molecule has 1 rings (SSSR count). The molecule has 1 aromatic carbocycles. The Morgan fingerprint density at radius 3 is 2.50 bits per heavy atom. The van der Waals surface area contributed by atoms with E-state index < -0.39 is 11.6 Å². The van der Waals surface area contributed by atoms with Gasteiger partial charge in [0.2, 0.25) is 0 Å². The van der Waals surface area contributed by atoms with Gasteiger partial charge in [-0.15, -0.1) is 12.4 Å². The minimum Gasteiger partial charge on any atom is -0.271 e. The van der Waals surface area contributed by atoms with Gasteiger partial charge in [-0.05, 0) is 6.07 Å². The molecule has 0 heterocycles. The maximum Gasteiger partial charge on any atom is 0.130 e. The number of benzene rings is 1. The maximum absolute atomic E-state index is 12.7. The van der Waals surface area contributed by atoms with Crippen molar-refractivity contribution in [3.05, 3.63) is 35.4 Å². The third-order valence-electron chi connectivity index (χ3n) is 1.31. The van der Waals surface area contributed by atoms with Crippen LogP contribution in [0.3, 0.4) is 0 Å². The number of nitrogens with two attached hydrogens (primary N) is 1. The molecular weight excluding hydrogens is 186 g/mol. The highest BCUT2D eigenvalue weighted by Gasteiger charge is 2.01. The lowest BCUT2D eigenvalue weighted by atomic mass is 10.2. The van der Waals surface area contributed by atoms with Crippen LogP contribution in [0.15, 0.2) is 18.2 Å². The standard InChI is InChI=1S/C7H8F2N2.ClH/c8-6-2-1-5(4-11-10)7(9)3-6;/h1-3,11H,4,10H2;1H. The van der Waals surface area contributed by atoms with Gasteiger partial charge in [0.1, 0.15) is 11.6 Å². The van der Waals surface area contributed by atoms with Crippen molar-refractivity contribution in [3.8, 4) is 0 Å². The second-order valence-electron chi connectivity index (χ2n) is 2.12. The van der Waals surface area contributed by atoms with Crippen molar-refractivity contribution in [2.75, 3.05) is 0 Å². The minimum atomic E-state index is -0.581. The van der Waals surface area contributed by atoms with Crippen molar-refractivity contribution in [3.63, 3.8) is 0 Å². The Morgan fingerprint density at radius 2 is 2.00 bits per heavy atom. The van der Waals surface area contributed by atoms with Gasteiger partial charge in [0, 0.05) is 18.2 Å². The first kappa shape index (κ1) is 11.3. The molecule has 0 fully saturated rings. The molecule has 68 valence electrons. The first-order valence-electron chi connectivity index (χ1n) is 3.11. The summed E-state index contributed by atoms with van der Waals surface area (Å²) in [6.45, 7) is 0.201. The minimum absolute atomic E-state index is 0. The Morgan fingerprint density at radius 1 is 1.33 bits per heavy atom. The summed E-state index contributed by atoms with van der Waals surface area (Å²) in [7, 11) is 0. The van der Waals surface area contributed by atoms with E-state index in [1.165, 1.54) is 12.1 Å². The predicted molar refractivity (Wildman–Crippen MR) is 44.6 cm³/mol. The highest BCUT2D eigenvalue weighted by molar-refractivity contribution is 5.85. The lowest BCUT2D eigenvalue weighted by Gasteiger charge is -2.00. The summed E-state index contributed by atoms with van der Waals surface area (Å²) >= 11 is 0. The van der Waals surface area contributed by atoms with Crippen molar-refractivity contribution in [1.29, 1.82) is 0 Å². The van der Waals surface area contributed by atoms with Crippen LogP contribution in [-0.4, -0.2) is 0 Å². The fraction of sp³-hybridized carbons (Fsp3) is 0.143. The van der Waals surface area contributed by atoms with Crippen molar-refractivity contribution < 1.29 is 8.78 Å². The predicted octanol–water partition coefficient (Wildman–Crippen LogP) is 1.35. The average molecular weight is 195 g/mol. The topological polar surface area (TPSA) is 38.0 Å². The van der Waals surface area contributed by atoms with Crippen molar-refractivity contribution >= 4 is 12.4 Å². The fourth-order valence-corrected chi connectivity index (χ4v) is 0.775. The van der Waals surface area contributed by atoms with Crippen LogP contribution >= 0.6 is 12.4 Å². The van der Waals surface area contributed by atoms with E-state index in [0.29, 0.717) is 5.56 Å². The Bertz CT molecular complexity index is 255. The molecule has 5 heteroatoms. The first-order valence-corrected chi connectivity index (χ1v) is 3.11. The van der Waals surface area contributed by atoms with E-state index >= 15 is 0 Å². The molecule has 2 nitrogen and oxygen atoms in total. The van der Waals surface area contributed by atoms with Gasteiger partial charge in [0.15, 0.2) is 0 Å². The van der Waals surface area contributed by atoms with Crippen LogP contribution in [0.1, 0.15) is 5.56 Å². The van der Waals surface area contributed by atoms with E-state index in [-0.39, 0.29) is 19.0 Å². The van der Waals surface area contributed by atoms with Crippen LogP contribution in [0.2, 0.25) is 0 Å². The number of hydrazine groups is 1. The Hall–Kier alpha value is -0.710. The number of hydrogen-bond acceptors (Lipinski definition) is 2. The second kappa shape index (κ2) is 5.03. The van der Waals surface area contributed by atoms with Crippen LogP contribution < -0.4 is 11.3 Å². The zero-order valence-corrected chi connectivity index (χ0v) is 7.00. The SMILES string of the molecule is Cl.NNCc1ccc(F)cc1F. The summed E-state index contributed by atoms with van der Waals surface area (Å²) in [6.07, 6.45) is 0. The molecule has 0 amide bonds. The van der Waals surface area contributed by atoms with E-state index in [0.717, 1.165) is 6.07 Å². The van der Waals surface area contributed by atoms with E-state index in [1.807, 2.05) is 0 Å². The zero-order chi connectivity index (χ0) is 8.27. The molecule has 0 saturated heterocycles. The first-order chi connectivity index (χ1) is 5.24. The summed E-state index contributed by atoms with van der Waals surface area (Å²) in [5, 5.41) is 0. The van der Waals surface area contributed by atoms with E-state index in [2.05, 4.69) is 5.43 Å². The van der Waals surface area contributed by atoms with Gasteiger partial charge in [-0.1, -0.05) is 6.07 Å². The molecule has 0 aliphatic carbocycles. The van der Waals surface area contributed by atoms with Gasteiger partial charge in [-0.3, -0.25) is 11.3 Å². The van der Waals surface area contributed by atoms with Gasteiger partial charge in [-0.2, -0.15) is 0 Å². The highest BCUT2D eigenvalue weighted by atomic mass is 35.5. The Balaban J connectivity index is 0.00000121. The smallest absolute Gasteiger partial charge is 0.130 e.